The average Bonchev–Trinajstić information content (AvgIpc) is 2.29. The highest BCUT2D eigenvalue weighted by atomic mass is 79.9. The van der Waals surface area contributed by atoms with Gasteiger partial charge in [-0.15, -0.1) is 0 Å². The third-order valence-electron chi connectivity index (χ3n) is 1.89. The van der Waals surface area contributed by atoms with Gasteiger partial charge in [0.05, 0.1) is 7.11 Å². The molecule has 0 saturated carbocycles. The standard InChI is InChI=1S/C11H13BrO3/c1-3-10(12)11(13)15-9-6-4-8(14-2)5-7-9/h4-7,10H,3H2,1-2H3. The minimum absolute atomic E-state index is 0.250. The molecule has 4 heteroatoms. The fourth-order valence-corrected chi connectivity index (χ4v) is 1.08. The zero-order valence-electron chi connectivity index (χ0n) is 8.70. The molecule has 3 nitrogen and oxygen atoms in total. The van der Waals surface area contributed by atoms with Gasteiger partial charge in [-0.3, -0.25) is 4.79 Å². The van der Waals surface area contributed by atoms with E-state index in [1.54, 1.807) is 31.4 Å². The summed E-state index contributed by atoms with van der Waals surface area (Å²) in [6, 6.07) is 6.90. The Hall–Kier alpha value is -1.03. The highest BCUT2D eigenvalue weighted by Gasteiger charge is 2.14. The summed E-state index contributed by atoms with van der Waals surface area (Å²) < 4.78 is 10.1. The van der Waals surface area contributed by atoms with E-state index in [1.165, 1.54) is 0 Å². The summed E-state index contributed by atoms with van der Waals surface area (Å²) in [6.45, 7) is 1.91. The van der Waals surface area contributed by atoms with Crippen molar-refractivity contribution in [2.24, 2.45) is 0 Å². The van der Waals surface area contributed by atoms with Gasteiger partial charge in [-0.2, -0.15) is 0 Å². The van der Waals surface area contributed by atoms with Crippen LogP contribution in [0, 0.1) is 0 Å². The second-order valence-corrected chi connectivity index (χ2v) is 4.08. The fourth-order valence-electron chi connectivity index (χ4n) is 0.991. The van der Waals surface area contributed by atoms with E-state index in [9.17, 15) is 4.79 Å². The number of alkyl halides is 1. The first-order valence-corrected chi connectivity index (χ1v) is 5.58. The second kappa shape index (κ2) is 5.75. The van der Waals surface area contributed by atoms with Gasteiger partial charge in [0.25, 0.3) is 0 Å². The molecular weight excluding hydrogens is 260 g/mol. The van der Waals surface area contributed by atoms with Gasteiger partial charge in [0, 0.05) is 0 Å². The molecule has 0 fully saturated rings. The van der Waals surface area contributed by atoms with Gasteiger partial charge in [-0.1, -0.05) is 22.9 Å². The Bertz CT molecular complexity index is 321. The van der Waals surface area contributed by atoms with Crippen LogP contribution in [0.25, 0.3) is 0 Å². The summed E-state index contributed by atoms with van der Waals surface area (Å²) in [5, 5.41) is 0. The lowest BCUT2D eigenvalue weighted by Crippen LogP contribution is -2.19. The van der Waals surface area contributed by atoms with Crippen LogP contribution >= 0.6 is 15.9 Å². The summed E-state index contributed by atoms with van der Waals surface area (Å²) in [6.07, 6.45) is 0.703. The fraction of sp³-hybridized carbons (Fsp3) is 0.364. The summed E-state index contributed by atoms with van der Waals surface area (Å²) in [5.74, 6) is 0.988. The summed E-state index contributed by atoms with van der Waals surface area (Å²) in [4.78, 5) is 11.1. The Morgan fingerprint density at radius 2 is 1.87 bits per heavy atom. The molecule has 15 heavy (non-hydrogen) atoms. The third-order valence-corrected chi connectivity index (χ3v) is 2.91. The molecule has 0 aromatic heterocycles. The number of hydrogen-bond donors (Lipinski definition) is 0. The number of methoxy groups -OCH3 is 1. The smallest absolute Gasteiger partial charge is 0.325 e. The topological polar surface area (TPSA) is 35.5 Å². The van der Waals surface area contributed by atoms with Crippen molar-refractivity contribution in [2.75, 3.05) is 7.11 Å². The Morgan fingerprint density at radius 1 is 1.33 bits per heavy atom. The molecule has 0 radical (unpaired) electrons. The van der Waals surface area contributed by atoms with E-state index >= 15 is 0 Å². The Balaban J connectivity index is 2.61. The van der Waals surface area contributed by atoms with Crippen LogP contribution in [0.4, 0.5) is 0 Å². The minimum atomic E-state index is -0.275. The van der Waals surface area contributed by atoms with Crippen LogP contribution in [0.1, 0.15) is 13.3 Å². The Kier molecular flexibility index (Phi) is 4.62. The number of hydrogen-bond acceptors (Lipinski definition) is 3. The summed E-state index contributed by atoms with van der Waals surface area (Å²) in [5.41, 5.74) is 0. The number of rotatable bonds is 4. The molecular formula is C11H13BrO3. The van der Waals surface area contributed by atoms with Crippen molar-refractivity contribution >= 4 is 21.9 Å². The van der Waals surface area contributed by atoms with Crippen molar-refractivity contribution in [1.29, 1.82) is 0 Å². The van der Waals surface area contributed by atoms with Crippen LogP contribution in [0.15, 0.2) is 24.3 Å². The number of ether oxygens (including phenoxy) is 2. The van der Waals surface area contributed by atoms with Gasteiger partial charge in [0.15, 0.2) is 0 Å². The van der Waals surface area contributed by atoms with E-state index in [4.69, 9.17) is 9.47 Å². The molecule has 1 rings (SSSR count). The van der Waals surface area contributed by atoms with Gasteiger partial charge >= 0.3 is 5.97 Å². The van der Waals surface area contributed by atoms with Gasteiger partial charge in [0.2, 0.25) is 0 Å². The van der Waals surface area contributed by atoms with Gasteiger partial charge in [0.1, 0.15) is 16.3 Å². The normalized spacial score (nSPS) is 11.9. The van der Waals surface area contributed by atoms with E-state index in [2.05, 4.69) is 15.9 Å². The molecule has 0 spiro atoms. The third kappa shape index (κ3) is 3.55. The molecule has 0 heterocycles. The molecule has 1 atom stereocenters. The average molecular weight is 273 g/mol. The SMILES string of the molecule is CCC(Br)C(=O)Oc1ccc(OC)cc1. The van der Waals surface area contributed by atoms with Crippen molar-refractivity contribution in [3.05, 3.63) is 24.3 Å². The number of esters is 1. The van der Waals surface area contributed by atoms with Crippen LogP contribution in [-0.4, -0.2) is 17.9 Å². The summed E-state index contributed by atoms with van der Waals surface area (Å²) in [7, 11) is 1.59. The monoisotopic (exact) mass is 272 g/mol. The predicted molar refractivity (Wildman–Crippen MR) is 61.6 cm³/mol. The Labute approximate surface area is 97.5 Å². The van der Waals surface area contributed by atoms with Crippen molar-refractivity contribution in [2.45, 2.75) is 18.2 Å². The first-order valence-electron chi connectivity index (χ1n) is 4.67. The van der Waals surface area contributed by atoms with E-state index in [0.29, 0.717) is 12.2 Å². The van der Waals surface area contributed by atoms with Crippen LogP contribution < -0.4 is 9.47 Å². The van der Waals surface area contributed by atoms with Gasteiger partial charge < -0.3 is 9.47 Å². The lowest BCUT2D eigenvalue weighted by atomic mass is 10.3. The zero-order chi connectivity index (χ0) is 11.3. The molecule has 0 N–H and O–H groups in total. The maximum atomic E-state index is 11.4. The second-order valence-electron chi connectivity index (χ2n) is 2.97. The van der Waals surface area contributed by atoms with E-state index in [-0.39, 0.29) is 10.8 Å². The number of carbonyl (C=O) groups excluding carboxylic acids is 1. The first-order chi connectivity index (χ1) is 7.17. The Morgan fingerprint density at radius 3 is 2.33 bits per heavy atom. The molecule has 0 aliphatic carbocycles. The minimum Gasteiger partial charge on any atom is -0.497 e. The molecule has 0 aliphatic heterocycles. The van der Waals surface area contributed by atoms with Crippen molar-refractivity contribution < 1.29 is 14.3 Å². The van der Waals surface area contributed by atoms with Gasteiger partial charge in [-0.05, 0) is 30.7 Å². The zero-order valence-corrected chi connectivity index (χ0v) is 10.3. The quantitative estimate of drug-likeness (QED) is 0.480. The maximum absolute atomic E-state index is 11.4. The van der Waals surface area contributed by atoms with Crippen molar-refractivity contribution in [3.63, 3.8) is 0 Å². The van der Waals surface area contributed by atoms with Crippen LogP contribution in [0.5, 0.6) is 11.5 Å². The van der Waals surface area contributed by atoms with Crippen molar-refractivity contribution in [3.8, 4) is 11.5 Å². The van der Waals surface area contributed by atoms with E-state index in [0.717, 1.165) is 5.75 Å². The van der Waals surface area contributed by atoms with Crippen LogP contribution in [-0.2, 0) is 4.79 Å². The molecule has 1 aromatic rings. The molecule has 82 valence electrons. The van der Waals surface area contributed by atoms with Crippen LogP contribution in [0.3, 0.4) is 0 Å². The first kappa shape index (κ1) is 12.0. The molecule has 0 saturated heterocycles. The van der Waals surface area contributed by atoms with Gasteiger partial charge in [-0.25, -0.2) is 0 Å². The highest BCUT2D eigenvalue weighted by Crippen LogP contribution is 2.18. The molecule has 1 aromatic carbocycles. The van der Waals surface area contributed by atoms with E-state index in [1.807, 2.05) is 6.92 Å². The van der Waals surface area contributed by atoms with Crippen molar-refractivity contribution in [1.82, 2.24) is 0 Å². The molecule has 0 aliphatic rings. The lowest BCUT2D eigenvalue weighted by molar-refractivity contribution is -0.133. The predicted octanol–water partition coefficient (Wildman–Crippen LogP) is 2.77. The van der Waals surface area contributed by atoms with Crippen LogP contribution in [0.2, 0.25) is 0 Å². The summed E-state index contributed by atoms with van der Waals surface area (Å²) >= 11 is 3.23. The highest BCUT2D eigenvalue weighted by molar-refractivity contribution is 9.10. The van der Waals surface area contributed by atoms with E-state index < -0.39 is 0 Å². The lowest BCUT2D eigenvalue weighted by Gasteiger charge is -2.07. The molecule has 1 unspecified atom stereocenters. The number of carbonyl (C=O) groups is 1. The molecule has 0 bridgehead atoms. The number of halogens is 1. The maximum Gasteiger partial charge on any atom is 0.325 e. The molecule has 0 amide bonds. The largest absolute Gasteiger partial charge is 0.497 e. The number of benzene rings is 1.